The van der Waals surface area contributed by atoms with Crippen molar-refractivity contribution < 1.29 is 64.0 Å². The fourth-order valence-corrected chi connectivity index (χ4v) is 22.3. The number of phenols is 1. The zero-order valence-electron chi connectivity index (χ0n) is 44.5. The van der Waals surface area contributed by atoms with Gasteiger partial charge in [-0.25, -0.2) is 18.4 Å². The fraction of sp³-hybridized carbons (Fsp3) is 0.0577. The number of fused-ring (bicyclic) bond motifs is 5. The summed E-state index contributed by atoms with van der Waals surface area (Å²) in [5.74, 6) is -1.08. The highest BCUT2D eigenvalue weighted by atomic mass is 33.1. The van der Waals surface area contributed by atoms with E-state index in [1.54, 1.807) is 17.8 Å². The van der Waals surface area contributed by atoms with Crippen LogP contribution in [0.5, 0.6) is 5.75 Å². The molecule has 0 saturated carbocycles. The van der Waals surface area contributed by atoms with Crippen LogP contribution in [0, 0.1) is 0 Å². The maximum Gasteiger partial charge on any atom is 0.296 e. The number of aromatic hydroxyl groups is 1. The number of allylic oxidation sites excluding steroid dienone is 2. The summed E-state index contributed by atoms with van der Waals surface area (Å²) in [4.78, 5) is 18.1. The van der Waals surface area contributed by atoms with E-state index in [9.17, 15) is 64.0 Å². The molecular formula is C52H38N14O14S10. The van der Waals surface area contributed by atoms with Gasteiger partial charge in [0, 0.05) is 15.5 Å². The highest BCUT2D eigenvalue weighted by Gasteiger charge is 2.46. The molecule has 0 saturated heterocycles. The molecule has 18 N–H and O–H groups in total. The Morgan fingerprint density at radius 3 is 1.86 bits per heavy atom. The van der Waals surface area contributed by atoms with Crippen molar-refractivity contribution >= 4 is 193 Å². The number of hydrogen-bond donors (Lipinski definition) is 15. The maximum absolute atomic E-state index is 13.7. The second-order valence-corrected chi connectivity index (χ2v) is 32.7. The first-order chi connectivity index (χ1) is 42.7. The number of sulfonamides is 1. The molecule has 8 aliphatic rings. The van der Waals surface area contributed by atoms with Gasteiger partial charge in [-0.1, -0.05) is 32.4 Å². The number of thioether (sulfide) groups is 2. The predicted octanol–water partition coefficient (Wildman–Crippen LogP) is 14.8. The maximum atomic E-state index is 13.7. The van der Waals surface area contributed by atoms with Crippen molar-refractivity contribution in [2.24, 2.45) is 57.1 Å². The van der Waals surface area contributed by atoms with Crippen molar-refractivity contribution in [1.29, 1.82) is 0 Å². The lowest BCUT2D eigenvalue weighted by molar-refractivity contribution is 0.373. The number of azo groups is 3. The Hall–Kier alpha value is -7.35. The first-order valence-corrected chi connectivity index (χ1v) is 37.4. The minimum Gasteiger partial charge on any atom is -0.505 e. The lowest BCUT2D eigenvalue weighted by atomic mass is 9.99. The van der Waals surface area contributed by atoms with Gasteiger partial charge in [-0.05, 0) is 119 Å². The predicted molar refractivity (Wildman–Crippen MR) is 353 cm³/mol. The molecule has 0 radical (unpaired) electrons. The molecule has 28 nitrogen and oxygen atoms in total. The number of hydrogen-bond acceptors (Lipinski definition) is 32. The molecule has 3 atom stereocenters. The number of nitrogens with two attached hydrogens (primary N) is 3. The Morgan fingerprint density at radius 1 is 0.578 bits per heavy atom. The first-order valence-electron chi connectivity index (χ1n) is 25.4. The summed E-state index contributed by atoms with van der Waals surface area (Å²) in [5.41, 5.74) is 22.6. The van der Waals surface area contributed by atoms with E-state index in [-0.39, 0.29) is 77.8 Å². The second kappa shape index (κ2) is 21.9. The van der Waals surface area contributed by atoms with E-state index in [0.717, 1.165) is 89.4 Å². The third-order valence-corrected chi connectivity index (χ3v) is 26.9. The number of aliphatic hydroxyl groups is 2. The van der Waals surface area contributed by atoms with Gasteiger partial charge in [-0.2, -0.15) is 23.8 Å². The van der Waals surface area contributed by atoms with Crippen molar-refractivity contribution in [3.8, 4) is 5.75 Å². The number of rotatable bonds is 12. The number of nitrogen functional groups attached to an aromatic ring is 1. The van der Waals surface area contributed by atoms with Crippen LogP contribution < -0.4 is 27.2 Å². The Bertz CT molecular complexity index is 4930. The summed E-state index contributed by atoms with van der Waals surface area (Å²) in [6.45, 7) is 0. The molecular weight excluding hydrogens is 1370 g/mol. The van der Waals surface area contributed by atoms with Crippen LogP contribution in [0.25, 0.3) is 10.8 Å². The highest BCUT2D eigenvalue weighted by molar-refractivity contribution is 8.80. The van der Waals surface area contributed by atoms with E-state index in [1.165, 1.54) is 103 Å². The van der Waals surface area contributed by atoms with Crippen LogP contribution >= 0.6 is 88.4 Å². The average Bonchev–Trinajstić information content (AvgIpc) is 1.34. The monoisotopic (exact) mass is 1400 g/mol. The summed E-state index contributed by atoms with van der Waals surface area (Å²) < 4.78 is 125. The van der Waals surface area contributed by atoms with Crippen molar-refractivity contribution in [1.82, 2.24) is 0 Å². The average molecular weight is 1400 g/mol. The van der Waals surface area contributed by atoms with Crippen molar-refractivity contribution in [2.45, 2.75) is 45.9 Å². The van der Waals surface area contributed by atoms with Gasteiger partial charge in [0.05, 0.1) is 113 Å². The minimum atomic E-state index is -5.21. The first kappa shape index (κ1) is 60.2. The smallest absolute Gasteiger partial charge is 0.296 e. The van der Waals surface area contributed by atoms with Crippen molar-refractivity contribution in [3.63, 3.8) is 0 Å². The molecule has 0 amide bonds. The SMILES string of the molecule is NC1=CC2=NC3=CC4=Nc5c(cc6c7c5SSC5=C(O)C(N)=C(N=Nc8ccc(NS(=O)(=O)c9ccc(N=Nc%10c(S(=O)(=O)O)cc%11cc(S(O)(O)O)c(N=Nc%12ccc(S(O)(O)O)cc%12)c(O)c%11c%10N)cc9)cc8)C(=N6)C5S7)NC4C4=C3SC2C(=C1O)SS4. The summed E-state index contributed by atoms with van der Waals surface area (Å²) in [6, 6.07) is 18.4. The van der Waals surface area contributed by atoms with Crippen LogP contribution in [0.2, 0.25) is 0 Å². The molecule has 6 aromatic rings. The second-order valence-electron chi connectivity index (χ2n) is 20.0. The van der Waals surface area contributed by atoms with E-state index < -0.39 is 85.1 Å². The molecule has 3 unspecified atom stereocenters. The van der Waals surface area contributed by atoms with Crippen LogP contribution in [0.4, 0.5) is 56.9 Å². The Kier molecular flexibility index (Phi) is 14.7. The van der Waals surface area contributed by atoms with E-state index >= 15 is 0 Å². The molecule has 6 aromatic carbocycles. The van der Waals surface area contributed by atoms with E-state index in [0.29, 0.717) is 16.3 Å². The van der Waals surface area contributed by atoms with Crippen LogP contribution in [0.15, 0.2) is 232 Å². The lowest BCUT2D eigenvalue weighted by Crippen LogP contribution is -2.36. The third-order valence-electron chi connectivity index (χ3n) is 14.3. The molecule has 460 valence electrons. The minimum absolute atomic E-state index is 0.0305. The van der Waals surface area contributed by atoms with E-state index in [1.807, 2.05) is 12.1 Å². The number of aliphatic hydroxyl groups excluding tert-OH is 2. The van der Waals surface area contributed by atoms with Gasteiger partial charge in [-0.3, -0.25) is 14.3 Å². The van der Waals surface area contributed by atoms with E-state index in [2.05, 4.69) is 40.7 Å². The van der Waals surface area contributed by atoms with Crippen LogP contribution in [0.1, 0.15) is 0 Å². The fourth-order valence-electron chi connectivity index (χ4n) is 10.1. The lowest BCUT2D eigenvalue weighted by Gasteiger charge is -2.34. The number of benzene rings is 6. The molecule has 38 heteroatoms. The third kappa shape index (κ3) is 10.5. The molecule has 90 heavy (non-hydrogen) atoms. The molecule has 5 aliphatic heterocycles. The largest absolute Gasteiger partial charge is 0.505 e. The van der Waals surface area contributed by atoms with Gasteiger partial charge in [0.1, 0.15) is 66.9 Å². The van der Waals surface area contributed by atoms with Crippen LogP contribution in [-0.4, -0.2) is 97.7 Å². The zero-order valence-corrected chi connectivity index (χ0v) is 52.7. The summed E-state index contributed by atoms with van der Waals surface area (Å²) >= 11 is 3.12. The number of anilines is 3. The van der Waals surface area contributed by atoms with Crippen molar-refractivity contribution in [3.05, 3.63) is 157 Å². The van der Waals surface area contributed by atoms with Gasteiger partial charge < -0.3 is 65.2 Å². The Balaban J connectivity index is 0.692. The van der Waals surface area contributed by atoms with Gasteiger partial charge >= 0.3 is 0 Å². The molecule has 14 rings (SSSR count). The number of phenolic OH excluding ortho intramolecular Hbond substituents is 1. The summed E-state index contributed by atoms with van der Waals surface area (Å²) in [7, 11) is -12.5. The van der Waals surface area contributed by atoms with Crippen molar-refractivity contribution in [2.75, 3.05) is 15.8 Å². The quantitative estimate of drug-likeness (QED) is 0.0234. The van der Waals surface area contributed by atoms with Gasteiger partial charge in [0.2, 0.25) is 0 Å². The molecule has 5 heterocycles. The van der Waals surface area contributed by atoms with E-state index in [4.69, 9.17) is 32.2 Å². The number of nitrogens with one attached hydrogen (secondary N) is 2. The Labute approximate surface area is 534 Å². The van der Waals surface area contributed by atoms with Gasteiger partial charge in [0.15, 0.2) is 11.5 Å². The van der Waals surface area contributed by atoms with Crippen LogP contribution in [0.3, 0.4) is 0 Å². The highest BCUT2D eigenvalue weighted by Crippen LogP contribution is 2.65. The topological polar surface area (TPSA) is 484 Å². The molecule has 0 aromatic heterocycles. The molecule has 3 aliphatic carbocycles. The van der Waals surface area contributed by atoms with Crippen LogP contribution in [-0.2, 0) is 20.1 Å². The normalized spacial score (nSPS) is 20.7. The molecule has 4 bridgehead atoms. The Morgan fingerprint density at radius 2 is 1.19 bits per heavy atom. The summed E-state index contributed by atoms with van der Waals surface area (Å²) in [6.07, 6.45) is 3.71. The standard InChI is InChI=1S/C52H38N14O14S10/c53-25-15-28-47-51(42(25)67)85-83-49-36-26(16-29(56-28)45(49)81-47)57-37-27(58-36)17-30-46-50(37)84-86-52-44(69)35(55)40(41(59-30)48(52)82-46)65-62-19-1-3-22(4-2-19)66-87(70,71)23-9-5-20(6-10-23)60-63-38-31(89(75,76)77)13-18-14-32(90(78,79)80)39(43(68)33(18)34(38)54)64-61-21-7-11-24(12-8-21)88(72,73)74/h1-17,36,47-48,58,66-69,72-74,78-80H,53-55H2,(H,75,76,77). The molecule has 0 fully saturated rings. The van der Waals surface area contributed by atoms with Gasteiger partial charge in [0.25, 0.3) is 20.1 Å². The van der Waals surface area contributed by atoms with Gasteiger partial charge in [-0.15, -0.1) is 38.9 Å². The summed E-state index contributed by atoms with van der Waals surface area (Å²) in [5, 5.41) is 60.8. The number of aliphatic imine (C=N–C) groups is 3. The zero-order chi connectivity index (χ0) is 63.2. The molecule has 0 spiro atoms. The number of nitrogens with zero attached hydrogens (tertiary/aromatic N) is 9.